The lowest BCUT2D eigenvalue weighted by Crippen LogP contribution is -2.47. The molecule has 1 aromatic carbocycles. The van der Waals surface area contributed by atoms with E-state index in [9.17, 15) is 13.2 Å². The SMILES string of the molecule is Cc1ccc(C)c(N(CC(=O)NC2CCCC2)S(=O)(=O)N(C)C)c1. The minimum atomic E-state index is -3.75. The van der Waals surface area contributed by atoms with Crippen molar-refractivity contribution >= 4 is 21.8 Å². The van der Waals surface area contributed by atoms with E-state index in [2.05, 4.69) is 5.32 Å². The lowest BCUT2D eigenvalue weighted by atomic mass is 10.1. The minimum absolute atomic E-state index is 0.167. The fraction of sp³-hybridized carbons (Fsp3) is 0.588. The molecule has 1 amide bonds. The van der Waals surface area contributed by atoms with Gasteiger partial charge in [0.25, 0.3) is 0 Å². The number of nitrogens with one attached hydrogen (secondary N) is 1. The minimum Gasteiger partial charge on any atom is -0.352 e. The maximum atomic E-state index is 12.7. The highest BCUT2D eigenvalue weighted by Crippen LogP contribution is 2.25. The normalized spacial score (nSPS) is 15.7. The van der Waals surface area contributed by atoms with Crippen LogP contribution in [0.2, 0.25) is 0 Å². The van der Waals surface area contributed by atoms with Gasteiger partial charge in [0, 0.05) is 20.1 Å². The van der Waals surface area contributed by atoms with Crippen LogP contribution in [0.25, 0.3) is 0 Å². The van der Waals surface area contributed by atoms with Crippen molar-refractivity contribution in [2.45, 2.75) is 45.6 Å². The van der Waals surface area contributed by atoms with Crippen molar-refractivity contribution in [1.82, 2.24) is 9.62 Å². The van der Waals surface area contributed by atoms with Gasteiger partial charge in [0.15, 0.2) is 0 Å². The third-order valence-corrected chi connectivity index (χ3v) is 6.19. The maximum Gasteiger partial charge on any atom is 0.304 e. The number of benzene rings is 1. The van der Waals surface area contributed by atoms with Crippen LogP contribution in [0.5, 0.6) is 0 Å². The number of hydrogen-bond acceptors (Lipinski definition) is 3. The van der Waals surface area contributed by atoms with Crippen molar-refractivity contribution in [3.8, 4) is 0 Å². The number of anilines is 1. The molecule has 2 rings (SSSR count). The highest BCUT2D eigenvalue weighted by Gasteiger charge is 2.29. The van der Waals surface area contributed by atoms with Crippen molar-refractivity contribution in [3.05, 3.63) is 29.3 Å². The average Bonchev–Trinajstić information content (AvgIpc) is 3.00. The monoisotopic (exact) mass is 353 g/mol. The van der Waals surface area contributed by atoms with E-state index >= 15 is 0 Å². The molecule has 0 heterocycles. The van der Waals surface area contributed by atoms with Crippen molar-refractivity contribution in [2.24, 2.45) is 0 Å². The summed E-state index contributed by atoms with van der Waals surface area (Å²) >= 11 is 0. The Morgan fingerprint density at radius 3 is 2.42 bits per heavy atom. The summed E-state index contributed by atoms with van der Waals surface area (Å²) in [5.74, 6) is -0.256. The Bertz CT molecular complexity index is 695. The zero-order valence-corrected chi connectivity index (χ0v) is 15.7. The van der Waals surface area contributed by atoms with Crippen molar-refractivity contribution < 1.29 is 13.2 Å². The summed E-state index contributed by atoms with van der Waals surface area (Å²) < 4.78 is 27.8. The summed E-state index contributed by atoms with van der Waals surface area (Å²) in [6, 6.07) is 5.77. The Kier molecular flexibility index (Phi) is 5.87. The third kappa shape index (κ3) is 4.27. The molecule has 0 aliphatic heterocycles. The van der Waals surface area contributed by atoms with Crippen LogP contribution < -0.4 is 9.62 Å². The van der Waals surface area contributed by atoms with Gasteiger partial charge in [-0.1, -0.05) is 25.0 Å². The van der Waals surface area contributed by atoms with E-state index in [0.717, 1.165) is 41.1 Å². The molecular weight excluding hydrogens is 326 g/mol. The highest BCUT2D eigenvalue weighted by atomic mass is 32.2. The van der Waals surface area contributed by atoms with Gasteiger partial charge in [0.1, 0.15) is 6.54 Å². The van der Waals surface area contributed by atoms with Gasteiger partial charge in [0.2, 0.25) is 5.91 Å². The molecule has 0 spiro atoms. The summed E-state index contributed by atoms with van der Waals surface area (Å²) in [7, 11) is -0.805. The van der Waals surface area contributed by atoms with Gasteiger partial charge in [0.05, 0.1) is 5.69 Å². The number of carbonyl (C=O) groups excluding carboxylic acids is 1. The predicted octanol–water partition coefficient (Wildman–Crippen LogP) is 1.98. The average molecular weight is 353 g/mol. The smallest absolute Gasteiger partial charge is 0.304 e. The summed E-state index contributed by atoms with van der Waals surface area (Å²) in [6.07, 6.45) is 4.16. The van der Waals surface area contributed by atoms with Crippen LogP contribution in [0.4, 0.5) is 5.69 Å². The summed E-state index contributed by atoms with van der Waals surface area (Å²) in [6.45, 7) is 3.55. The first-order valence-electron chi connectivity index (χ1n) is 8.28. The molecule has 1 saturated carbocycles. The van der Waals surface area contributed by atoms with E-state index in [-0.39, 0.29) is 18.5 Å². The van der Waals surface area contributed by atoms with Crippen molar-refractivity contribution in [2.75, 3.05) is 24.9 Å². The molecule has 0 saturated heterocycles. The second-order valence-corrected chi connectivity index (χ2v) is 8.70. The van der Waals surface area contributed by atoms with E-state index in [1.165, 1.54) is 18.4 Å². The summed E-state index contributed by atoms with van der Waals surface area (Å²) in [4.78, 5) is 12.4. The molecule has 0 aromatic heterocycles. The quantitative estimate of drug-likeness (QED) is 0.850. The van der Waals surface area contributed by atoms with Crippen molar-refractivity contribution in [3.63, 3.8) is 0 Å². The van der Waals surface area contributed by atoms with E-state index < -0.39 is 10.2 Å². The van der Waals surface area contributed by atoms with E-state index in [4.69, 9.17) is 0 Å². The zero-order chi connectivity index (χ0) is 17.9. The molecule has 1 aliphatic rings. The van der Waals surface area contributed by atoms with Crippen LogP contribution in [0, 0.1) is 13.8 Å². The fourth-order valence-electron chi connectivity index (χ4n) is 2.95. The van der Waals surface area contributed by atoms with E-state index in [1.807, 2.05) is 26.0 Å². The molecule has 0 radical (unpaired) electrons. The summed E-state index contributed by atoms with van der Waals surface area (Å²) in [5.41, 5.74) is 2.32. The molecule has 7 heteroatoms. The number of nitrogens with zero attached hydrogens (tertiary/aromatic N) is 2. The first kappa shape index (κ1) is 18.7. The van der Waals surface area contributed by atoms with Crippen LogP contribution >= 0.6 is 0 Å². The van der Waals surface area contributed by atoms with Crippen LogP contribution in [0.1, 0.15) is 36.8 Å². The molecular formula is C17H27N3O3S. The molecule has 24 heavy (non-hydrogen) atoms. The van der Waals surface area contributed by atoms with Gasteiger partial charge in [-0.05, 0) is 43.9 Å². The number of rotatable bonds is 6. The van der Waals surface area contributed by atoms with Crippen LogP contribution in [-0.2, 0) is 15.0 Å². The molecule has 134 valence electrons. The van der Waals surface area contributed by atoms with E-state index in [1.54, 1.807) is 6.07 Å². The van der Waals surface area contributed by atoms with Gasteiger partial charge in [-0.3, -0.25) is 4.79 Å². The van der Waals surface area contributed by atoms with Crippen LogP contribution in [0.15, 0.2) is 18.2 Å². The second kappa shape index (κ2) is 7.53. The van der Waals surface area contributed by atoms with Gasteiger partial charge in [-0.25, -0.2) is 4.31 Å². The first-order chi connectivity index (χ1) is 11.2. The molecule has 1 aliphatic carbocycles. The second-order valence-electron chi connectivity index (χ2n) is 6.64. The Morgan fingerprint density at radius 1 is 1.21 bits per heavy atom. The maximum absolute atomic E-state index is 12.7. The Balaban J connectivity index is 2.29. The largest absolute Gasteiger partial charge is 0.352 e. The van der Waals surface area contributed by atoms with Crippen LogP contribution in [-0.4, -0.2) is 45.3 Å². The number of carbonyl (C=O) groups is 1. The molecule has 6 nitrogen and oxygen atoms in total. The third-order valence-electron chi connectivity index (χ3n) is 4.38. The Morgan fingerprint density at radius 2 is 1.83 bits per heavy atom. The predicted molar refractivity (Wildman–Crippen MR) is 96.3 cm³/mol. The fourth-order valence-corrected chi connectivity index (χ4v) is 4.07. The van der Waals surface area contributed by atoms with Gasteiger partial charge < -0.3 is 5.32 Å². The van der Waals surface area contributed by atoms with Gasteiger partial charge >= 0.3 is 10.2 Å². The molecule has 0 atom stereocenters. The molecule has 1 aromatic rings. The van der Waals surface area contributed by atoms with Crippen molar-refractivity contribution in [1.29, 1.82) is 0 Å². The number of amides is 1. The van der Waals surface area contributed by atoms with Gasteiger partial charge in [-0.15, -0.1) is 0 Å². The topological polar surface area (TPSA) is 69.7 Å². The Hall–Kier alpha value is -1.60. The summed E-state index contributed by atoms with van der Waals surface area (Å²) in [5, 5.41) is 2.96. The molecule has 1 N–H and O–H groups in total. The zero-order valence-electron chi connectivity index (χ0n) is 14.9. The van der Waals surface area contributed by atoms with Gasteiger partial charge in [-0.2, -0.15) is 12.7 Å². The molecule has 1 fully saturated rings. The molecule has 0 unspecified atom stereocenters. The molecule has 0 bridgehead atoms. The number of aryl methyl sites for hydroxylation is 2. The number of hydrogen-bond donors (Lipinski definition) is 1. The highest BCUT2D eigenvalue weighted by molar-refractivity contribution is 7.90. The first-order valence-corrected chi connectivity index (χ1v) is 9.68. The lowest BCUT2D eigenvalue weighted by Gasteiger charge is -2.29. The lowest BCUT2D eigenvalue weighted by molar-refractivity contribution is -0.120. The van der Waals surface area contributed by atoms with Crippen LogP contribution in [0.3, 0.4) is 0 Å². The Labute approximate surface area is 145 Å². The standard InChI is InChI=1S/C17H27N3O3S/c1-13-9-10-14(2)16(11-13)20(24(22,23)19(3)4)12-17(21)18-15-7-5-6-8-15/h9-11,15H,5-8,12H2,1-4H3,(H,18,21). The van der Waals surface area contributed by atoms with E-state index in [0.29, 0.717) is 5.69 Å².